The molecule has 20 heavy (non-hydrogen) atoms. The lowest BCUT2D eigenvalue weighted by molar-refractivity contribution is -0.137. The molecule has 0 saturated heterocycles. The fourth-order valence-corrected chi connectivity index (χ4v) is 1.57. The Labute approximate surface area is 112 Å². The zero-order chi connectivity index (χ0) is 14.8. The zero-order valence-electron chi connectivity index (χ0n) is 10.0. The highest BCUT2D eigenvalue weighted by Crippen LogP contribution is 2.34. The summed E-state index contributed by atoms with van der Waals surface area (Å²) in [6.07, 6.45) is -4.64. The smallest absolute Gasteiger partial charge is 0.416 e. The van der Waals surface area contributed by atoms with Gasteiger partial charge in [-0.05, 0) is 30.3 Å². The van der Waals surface area contributed by atoms with Crippen molar-refractivity contribution in [1.82, 2.24) is 0 Å². The zero-order valence-corrected chi connectivity index (χ0v) is 10.0. The highest BCUT2D eigenvalue weighted by atomic mass is 19.4. The van der Waals surface area contributed by atoms with Crippen LogP contribution in [0.4, 0.5) is 13.2 Å². The number of carbonyl (C=O) groups is 1. The Hall–Kier alpha value is -2.50. The van der Waals surface area contributed by atoms with Gasteiger partial charge in [0.05, 0.1) is 11.1 Å². The number of hydrogen-bond donors (Lipinski definition) is 1. The van der Waals surface area contributed by atoms with Crippen LogP contribution in [0.2, 0.25) is 0 Å². The molecule has 104 valence electrons. The standard InChI is InChI=1S/C14H9F3O3/c15-14(16,17)10-6-9(13(18)19)7-12(8-10)20-11-4-2-1-3-5-11/h1-8H,(H,18,19). The minimum atomic E-state index is -4.64. The molecule has 0 amide bonds. The van der Waals surface area contributed by atoms with Crippen LogP contribution in [0.25, 0.3) is 0 Å². The molecular weight excluding hydrogens is 273 g/mol. The van der Waals surface area contributed by atoms with E-state index in [0.717, 1.165) is 12.1 Å². The van der Waals surface area contributed by atoms with Crippen LogP contribution in [0, 0.1) is 0 Å². The number of rotatable bonds is 3. The molecule has 0 aromatic heterocycles. The second kappa shape index (κ2) is 5.24. The molecule has 0 heterocycles. The van der Waals surface area contributed by atoms with Gasteiger partial charge in [-0.3, -0.25) is 0 Å². The summed E-state index contributed by atoms with van der Waals surface area (Å²) in [5, 5.41) is 8.84. The van der Waals surface area contributed by atoms with Crippen molar-refractivity contribution in [2.45, 2.75) is 6.18 Å². The Morgan fingerprint density at radius 1 is 1.00 bits per heavy atom. The van der Waals surface area contributed by atoms with Gasteiger partial charge >= 0.3 is 12.1 Å². The fraction of sp³-hybridized carbons (Fsp3) is 0.0714. The summed E-state index contributed by atoms with van der Waals surface area (Å²) in [5.41, 5.74) is -1.55. The molecule has 2 aromatic carbocycles. The van der Waals surface area contributed by atoms with Gasteiger partial charge in [0.2, 0.25) is 0 Å². The Balaban J connectivity index is 2.42. The van der Waals surface area contributed by atoms with Crippen molar-refractivity contribution < 1.29 is 27.8 Å². The Bertz CT molecular complexity index is 621. The van der Waals surface area contributed by atoms with E-state index in [1.165, 1.54) is 0 Å². The third-order valence-corrected chi connectivity index (χ3v) is 2.46. The molecule has 6 heteroatoms. The van der Waals surface area contributed by atoms with Gasteiger partial charge < -0.3 is 9.84 Å². The number of ether oxygens (including phenoxy) is 1. The molecule has 0 aliphatic rings. The molecule has 3 nitrogen and oxygen atoms in total. The summed E-state index contributed by atoms with van der Waals surface area (Å²) in [6.45, 7) is 0. The van der Waals surface area contributed by atoms with Crippen LogP contribution in [-0.2, 0) is 6.18 Å². The van der Waals surface area contributed by atoms with Crippen LogP contribution < -0.4 is 4.74 Å². The van der Waals surface area contributed by atoms with Crippen molar-refractivity contribution in [3.63, 3.8) is 0 Å². The molecule has 0 radical (unpaired) electrons. The van der Waals surface area contributed by atoms with Crippen LogP contribution in [0.15, 0.2) is 48.5 Å². The number of carboxylic acids is 1. The predicted molar refractivity (Wildman–Crippen MR) is 64.9 cm³/mol. The number of hydrogen-bond acceptors (Lipinski definition) is 2. The van der Waals surface area contributed by atoms with Gasteiger partial charge in [0.1, 0.15) is 11.5 Å². The largest absolute Gasteiger partial charge is 0.478 e. The van der Waals surface area contributed by atoms with Gasteiger partial charge in [-0.25, -0.2) is 4.79 Å². The summed E-state index contributed by atoms with van der Waals surface area (Å²) < 4.78 is 43.3. The van der Waals surface area contributed by atoms with E-state index in [-0.39, 0.29) is 5.75 Å². The van der Waals surface area contributed by atoms with Gasteiger partial charge in [-0.1, -0.05) is 18.2 Å². The van der Waals surface area contributed by atoms with Crippen LogP contribution >= 0.6 is 0 Å². The number of halogens is 3. The SMILES string of the molecule is O=C(O)c1cc(Oc2ccccc2)cc(C(F)(F)F)c1. The monoisotopic (exact) mass is 282 g/mol. The first-order valence-corrected chi connectivity index (χ1v) is 5.55. The van der Waals surface area contributed by atoms with Gasteiger partial charge in [0.15, 0.2) is 0 Å². The first-order valence-electron chi connectivity index (χ1n) is 5.55. The maximum Gasteiger partial charge on any atom is 0.416 e. The van der Waals surface area contributed by atoms with Gasteiger partial charge in [0, 0.05) is 0 Å². The van der Waals surface area contributed by atoms with E-state index >= 15 is 0 Å². The van der Waals surface area contributed by atoms with E-state index in [1.807, 2.05) is 0 Å². The second-order valence-corrected chi connectivity index (χ2v) is 3.96. The van der Waals surface area contributed by atoms with Crippen molar-refractivity contribution in [1.29, 1.82) is 0 Å². The summed E-state index contributed by atoms with van der Waals surface area (Å²) in [6, 6.07) is 10.5. The topological polar surface area (TPSA) is 46.5 Å². The third kappa shape index (κ3) is 3.28. The molecule has 0 spiro atoms. The van der Waals surface area contributed by atoms with Crippen molar-refractivity contribution in [3.8, 4) is 11.5 Å². The van der Waals surface area contributed by atoms with Crippen molar-refractivity contribution >= 4 is 5.97 Å². The minimum Gasteiger partial charge on any atom is -0.478 e. The first-order chi connectivity index (χ1) is 9.36. The Morgan fingerprint density at radius 3 is 2.20 bits per heavy atom. The molecule has 1 N–H and O–H groups in total. The molecule has 2 aromatic rings. The quantitative estimate of drug-likeness (QED) is 0.917. The average molecular weight is 282 g/mol. The highest BCUT2D eigenvalue weighted by molar-refractivity contribution is 5.88. The maximum absolute atomic E-state index is 12.7. The van der Waals surface area contributed by atoms with Gasteiger partial charge in [-0.2, -0.15) is 13.2 Å². The molecule has 0 atom stereocenters. The Kier molecular flexibility index (Phi) is 3.65. The minimum absolute atomic E-state index is 0.177. The van der Waals surface area contributed by atoms with Gasteiger partial charge in [-0.15, -0.1) is 0 Å². The summed E-state index contributed by atoms with van der Waals surface area (Å²) in [4.78, 5) is 10.9. The van der Waals surface area contributed by atoms with E-state index in [1.54, 1.807) is 30.3 Å². The fourth-order valence-electron chi connectivity index (χ4n) is 1.57. The number of carboxylic acid groups (broad SMARTS) is 1. The molecular formula is C14H9F3O3. The molecule has 0 saturated carbocycles. The highest BCUT2D eigenvalue weighted by Gasteiger charge is 2.32. The lowest BCUT2D eigenvalue weighted by Crippen LogP contribution is -2.08. The van der Waals surface area contributed by atoms with Crippen LogP contribution in [0.3, 0.4) is 0 Å². The first kappa shape index (κ1) is 13.9. The number of benzene rings is 2. The third-order valence-electron chi connectivity index (χ3n) is 2.46. The molecule has 0 aliphatic heterocycles. The van der Waals surface area contributed by atoms with Crippen molar-refractivity contribution in [2.75, 3.05) is 0 Å². The summed E-state index contributed by atoms with van der Waals surface area (Å²) in [7, 11) is 0. The van der Waals surface area contributed by atoms with Crippen molar-refractivity contribution in [3.05, 3.63) is 59.7 Å². The van der Waals surface area contributed by atoms with Crippen molar-refractivity contribution in [2.24, 2.45) is 0 Å². The molecule has 0 fully saturated rings. The maximum atomic E-state index is 12.7. The van der Waals surface area contributed by atoms with E-state index in [2.05, 4.69) is 0 Å². The average Bonchev–Trinajstić information content (AvgIpc) is 2.38. The molecule has 0 unspecified atom stereocenters. The Morgan fingerprint density at radius 2 is 1.65 bits per heavy atom. The molecule has 2 rings (SSSR count). The normalized spacial score (nSPS) is 11.2. The van der Waals surface area contributed by atoms with E-state index in [9.17, 15) is 18.0 Å². The lowest BCUT2D eigenvalue weighted by Gasteiger charge is -2.11. The molecule has 0 bridgehead atoms. The number of aromatic carboxylic acids is 1. The molecule has 0 aliphatic carbocycles. The van der Waals surface area contributed by atoms with Crippen LogP contribution in [0.1, 0.15) is 15.9 Å². The predicted octanol–water partition coefficient (Wildman–Crippen LogP) is 4.20. The van der Waals surface area contributed by atoms with Gasteiger partial charge in [0.25, 0.3) is 0 Å². The summed E-state index contributed by atoms with van der Waals surface area (Å²) >= 11 is 0. The van der Waals surface area contributed by atoms with Crippen LogP contribution in [0.5, 0.6) is 11.5 Å². The number of alkyl halides is 3. The van der Waals surface area contributed by atoms with Crippen LogP contribution in [-0.4, -0.2) is 11.1 Å². The van der Waals surface area contributed by atoms with E-state index < -0.39 is 23.3 Å². The van der Waals surface area contributed by atoms with E-state index in [0.29, 0.717) is 11.8 Å². The summed E-state index contributed by atoms with van der Waals surface area (Å²) in [5.74, 6) is -1.31. The lowest BCUT2D eigenvalue weighted by atomic mass is 10.1. The second-order valence-electron chi connectivity index (χ2n) is 3.96. The number of para-hydroxylation sites is 1. The van der Waals surface area contributed by atoms with E-state index in [4.69, 9.17) is 9.84 Å².